The summed E-state index contributed by atoms with van der Waals surface area (Å²) < 4.78 is 12.5. The lowest BCUT2D eigenvalue weighted by Crippen LogP contribution is -1.99. The van der Waals surface area contributed by atoms with Gasteiger partial charge in [-0.15, -0.1) is 10.2 Å². The molecule has 3 heterocycles. The summed E-state index contributed by atoms with van der Waals surface area (Å²) in [5, 5.41) is 11.6. The minimum Gasteiger partial charge on any atom is -0.439 e. The highest BCUT2D eigenvalue weighted by Crippen LogP contribution is 2.25. The molecule has 0 radical (unpaired) electrons. The summed E-state index contributed by atoms with van der Waals surface area (Å²) in [6, 6.07) is 9.12. The molecule has 0 aliphatic rings. The molecule has 0 amide bonds. The van der Waals surface area contributed by atoms with Crippen LogP contribution < -0.4 is 4.74 Å². The van der Waals surface area contributed by atoms with Gasteiger partial charge in [-0.2, -0.15) is 14.6 Å². The van der Waals surface area contributed by atoms with Crippen LogP contribution in [0.15, 0.2) is 47.5 Å². The quantitative estimate of drug-likeness (QED) is 0.572. The standard InChI is InChI=1S/C14H10N6O2/c1-9-6-12(20-14(18-9)15-7-17-20)22-11-4-2-10(3-5-11)13-19-16-8-21-13/h2-8H,1H3. The molecule has 1 aromatic carbocycles. The van der Waals surface area contributed by atoms with Gasteiger partial charge < -0.3 is 9.15 Å². The summed E-state index contributed by atoms with van der Waals surface area (Å²) in [7, 11) is 0. The Morgan fingerprint density at radius 2 is 2.05 bits per heavy atom. The molecule has 8 nitrogen and oxygen atoms in total. The predicted octanol–water partition coefficient (Wildman–Crippen LogP) is 2.28. The fraction of sp³-hybridized carbons (Fsp3) is 0.0714. The molecular weight excluding hydrogens is 284 g/mol. The average Bonchev–Trinajstić information content (AvgIpc) is 3.18. The van der Waals surface area contributed by atoms with E-state index < -0.39 is 0 Å². The summed E-state index contributed by atoms with van der Waals surface area (Å²) in [5.41, 5.74) is 1.62. The minimum absolute atomic E-state index is 0.463. The van der Waals surface area contributed by atoms with Gasteiger partial charge in [-0.05, 0) is 31.2 Å². The van der Waals surface area contributed by atoms with Gasteiger partial charge in [-0.3, -0.25) is 0 Å². The molecule has 0 unspecified atom stereocenters. The number of benzene rings is 1. The van der Waals surface area contributed by atoms with Crippen LogP contribution in [0.4, 0.5) is 0 Å². The van der Waals surface area contributed by atoms with E-state index in [0.717, 1.165) is 11.3 Å². The van der Waals surface area contributed by atoms with Gasteiger partial charge in [0.1, 0.15) is 12.1 Å². The summed E-state index contributed by atoms with van der Waals surface area (Å²) in [5.74, 6) is 2.17. The third kappa shape index (κ3) is 2.16. The smallest absolute Gasteiger partial charge is 0.255 e. The Kier molecular flexibility index (Phi) is 2.78. The first kappa shape index (κ1) is 12.5. The zero-order valence-electron chi connectivity index (χ0n) is 11.5. The third-order valence-electron chi connectivity index (χ3n) is 3.03. The van der Waals surface area contributed by atoms with Crippen LogP contribution in [0.3, 0.4) is 0 Å². The second-order valence-electron chi connectivity index (χ2n) is 4.58. The van der Waals surface area contributed by atoms with E-state index in [2.05, 4.69) is 25.3 Å². The Morgan fingerprint density at radius 1 is 1.18 bits per heavy atom. The number of rotatable bonds is 3. The van der Waals surface area contributed by atoms with E-state index in [4.69, 9.17) is 9.15 Å². The van der Waals surface area contributed by atoms with Crippen LogP contribution in [0, 0.1) is 6.92 Å². The van der Waals surface area contributed by atoms with E-state index in [1.807, 2.05) is 31.2 Å². The Bertz CT molecular complexity index is 914. The maximum absolute atomic E-state index is 5.86. The molecule has 8 heteroatoms. The Morgan fingerprint density at radius 3 is 2.82 bits per heavy atom. The van der Waals surface area contributed by atoms with Gasteiger partial charge in [0.2, 0.25) is 18.2 Å². The normalized spacial score (nSPS) is 11.0. The molecule has 22 heavy (non-hydrogen) atoms. The molecule has 3 aromatic heterocycles. The number of hydrogen-bond acceptors (Lipinski definition) is 7. The number of ether oxygens (including phenoxy) is 1. The Labute approximate surface area is 124 Å². The molecular formula is C14H10N6O2. The molecule has 0 fully saturated rings. The molecule has 0 aliphatic heterocycles. The fourth-order valence-electron chi connectivity index (χ4n) is 2.05. The van der Waals surface area contributed by atoms with Crippen molar-refractivity contribution >= 4 is 5.78 Å². The van der Waals surface area contributed by atoms with Gasteiger partial charge in [0, 0.05) is 17.3 Å². The van der Waals surface area contributed by atoms with Crippen LogP contribution >= 0.6 is 0 Å². The zero-order valence-corrected chi connectivity index (χ0v) is 11.5. The van der Waals surface area contributed by atoms with E-state index in [1.165, 1.54) is 12.7 Å². The molecule has 0 saturated heterocycles. The van der Waals surface area contributed by atoms with Crippen molar-refractivity contribution in [3.63, 3.8) is 0 Å². The fourth-order valence-corrected chi connectivity index (χ4v) is 2.05. The first-order valence-corrected chi connectivity index (χ1v) is 6.51. The summed E-state index contributed by atoms with van der Waals surface area (Å²) in [4.78, 5) is 8.33. The maximum Gasteiger partial charge on any atom is 0.255 e. The van der Waals surface area contributed by atoms with Crippen molar-refractivity contribution in [1.82, 2.24) is 29.8 Å². The van der Waals surface area contributed by atoms with Crippen molar-refractivity contribution in [2.24, 2.45) is 0 Å². The first-order valence-electron chi connectivity index (χ1n) is 6.51. The largest absolute Gasteiger partial charge is 0.439 e. The number of hydrogen-bond donors (Lipinski definition) is 0. The van der Waals surface area contributed by atoms with Crippen LogP contribution in [0.25, 0.3) is 17.2 Å². The van der Waals surface area contributed by atoms with E-state index >= 15 is 0 Å². The van der Waals surface area contributed by atoms with Crippen molar-refractivity contribution in [2.75, 3.05) is 0 Å². The van der Waals surface area contributed by atoms with E-state index in [9.17, 15) is 0 Å². The number of aryl methyl sites for hydroxylation is 1. The van der Waals surface area contributed by atoms with Gasteiger partial charge in [0.05, 0.1) is 0 Å². The minimum atomic E-state index is 0.463. The lowest BCUT2D eigenvalue weighted by atomic mass is 10.2. The highest BCUT2D eigenvalue weighted by Gasteiger charge is 2.09. The van der Waals surface area contributed by atoms with E-state index in [0.29, 0.717) is 23.3 Å². The molecule has 4 aromatic rings. The SMILES string of the molecule is Cc1cc(Oc2ccc(-c3nnco3)cc2)n2ncnc2n1. The summed E-state index contributed by atoms with van der Waals surface area (Å²) >= 11 is 0. The van der Waals surface area contributed by atoms with Crippen LogP contribution in [-0.4, -0.2) is 29.8 Å². The molecule has 0 bridgehead atoms. The van der Waals surface area contributed by atoms with Crippen LogP contribution in [0.5, 0.6) is 11.6 Å². The van der Waals surface area contributed by atoms with Crippen molar-refractivity contribution in [2.45, 2.75) is 6.92 Å². The van der Waals surface area contributed by atoms with Gasteiger partial charge in [-0.25, -0.2) is 4.98 Å². The molecule has 4 rings (SSSR count). The van der Waals surface area contributed by atoms with Gasteiger partial charge in [0.25, 0.3) is 5.78 Å². The van der Waals surface area contributed by atoms with Gasteiger partial charge in [-0.1, -0.05) is 0 Å². The van der Waals surface area contributed by atoms with Crippen LogP contribution in [0.1, 0.15) is 5.69 Å². The zero-order chi connectivity index (χ0) is 14.9. The predicted molar refractivity (Wildman–Crippen MR) is 75.3 cm³/mol. The number of aromatic nitrogens is 6. The van der Waals surface area contributed by atoms with Crippen LogP contribution in [0.2, 0.25) is 0 Å². The Hall–Kier alpha value is -3.29. The lowest BCUT2D eigenvalue weighted by molar-refractivity contribution is 0.445. The Balaban J connectivity index is 1.66. The monoisotopic (exact) mass is 294 g/mol. The van der Waals surface area contributed by atoms with Gasteiger partial charge >= 0.3 is 0 Å². The van der Waals surface area contributed by atoms with E-state index in [-0.39, 0.29) is 0 Å². The average molecular weight is 294 g/mol. The third-order valence-corrected chi connectivity index (χ3v) is 3.03. The second kappa shape index (κ2) is 4.92. The molecule has 0 aliphatic carbocycles. The first-order chi connectivity index (χ1) is 10.8. The van der Waals surface area contributed by atoms with Crippen molar-refractivity contribution < 1.29 is 9.15 Å². The summed E-state index contributed by atoms with van der Waals surface area (Å²) in [6.07, 6.45) is 2.73. The number of fused-ring (bicyclic) bond motifs is 1. The van der Waals surface area contributed by atoms with Crippen LogP contribution in [-0.2, 0) is 0 Å². The van der Waals surface area contributed by atoms with E-state index in [1.54, 1.807) is 10.6 Å². The summed E-state index contributed by atoms with van der Waals surface area (Å²) in [6.45, 7) is 1.88. The molecule has 0 N–H and O–H groups in total. The highest BCUT2D eigenvalue weighted by atomic mass is 16.5. The molecule has 0 saturated carbocycles. The number of nitrogens with zero attached hydrogens (tertiary/aromatic N) is 6. The topological polar surface area (TPSA) is 91.2 Å². The van der Waals surface area contributed by atoms with Crippen molar-refractivity contribution in [3.8, 4) is 23.1 Å². The molecule has 108 valence electrons. The van der Waals surface area contributed by atoms with Gasteiger partial charge in [0.15, 0.2) is 0 Å². The highest BCUT2D eigenvalue weighted by molar-refractivity contribution is 5.54. The lowest BCUT2D eigenvalue weighted by Gasteiger charge is -2.07. The molecule has 0 atom stereocenters. The van der Waals surface area contributed by atoms with Crippen molar-refractivity contribution in [3.05, 3.63) is 48.7 Å². The second-order valence-corrected chi connectivity index (χ2v) is 4.58. The molecule has 0 spiro atoms. The van der Waals surface area contributed by atoms with Crippen molar-refractivity contribution in [1.29, 1.82) is 0 Å². The maximum atomic E-state index is 5.86.